The predicted molar refractivity (Wildman–Crippen MR) is 77.8 cm³/mol. The number of hydrogen-bond donors (Lipinski definition) is 1. The summed E-state index contributed by atoms with van der Waals surface area (Å²) in [6.45, 7) is 0. The highest BCUT2D eigenvalue weighted by molar-refractivity contribution is 7.99. The number of thioether (sulfide) groups is 1. The first kappa shape index (κ1) is 14.2. The predicted octanol–water partition coefficient (Wildman–Crippen LogP) is 4.02. The summed E-state index contributed by atoms with van der Waals surface area (Å²) >= 11 is 7.70. The van der Waals surface area contributed by atoms with Gasteiger partial charge in [0.15, 0.2) is 0 Å². The molecule has 18 heavy (non-hydrogen) atoms. The Balaban J connectivity index is 1.82. The number of hydrogen-bond acceptors (Lipinski definition) is 2. The molecule has 1 aliphatic carbocycles. The maximum atomic E-state index is 13.7. The Morgan fingerprint density at radius 2 is 2.11 bits per heavy atom. The van der Waals surface area contributed by atoms with Crippen LogP contribution in [0, 0.1) is 5.82 Å². The summed E-state index contributed by atoms with van der Waals surface area (Å²) in [5.74, 6) is 0.580. The maximum Gasteiger partial charge on any atom is 0.145 e. The third kappa shape index (κ3) is 3.87. The van der Waals surface area contributed by atoms with Crippen molar-refractivity contribution in [1.82, 2.24) is 0 Å². The first-order valence-corrected chi connectivity index (χ1v) is 7.89. The van der Waals surface area contributed by atoms with Crippen molar-refractivity contribution in [3.05, 3.63) is 34.6 Å². The van der Waals surface area contributed by atoms with Gasteiger partial charge in [-0.15, -0.1) is 0 Å². The van der Waals surface area contributed by atoms with Gasteiger partial charge in [-0.05, 0) is 30.9 Å². The van der Waals surface area contributed by atoms with Crippen molar-refractivity contribution in [2.45, 2.75) is 43.4 Å². The average Bonchev–Trinajstić information content (AvgIpc) is 2.86. The highest BCUT2D eigenvalue weighted by Crippen LogP contribution is 2.30. The third-order valence-electron chi connectivity index (χ3n) is 3.36. The van der Waals surface area contributed by atoms with E-state index in [0.717, 1.165) is 11.0 Å². The smallest absolute Gasteiger partial charge is 0.145 e. The molecule has 0 aromatic heterocycles. The van der Waals surface area contributed by atoms with Gasteiger partial charge < -0.3 is 5.73 Å². The van der Waals surface area contributed by atoms with Crippen LogP contribution in [0.25, 0.3) is 0 Å². The monoisotopic (exact) mass is 287 g/mol. The molecular weight excluding hydrogens is 269 g/mol. The normalized spacial score (nSPS) is 18.2. The summed E-state index contributed by atoms with van der Waals surface area (Å²) < 4.78 is 13.7. The minimum atomic E-state index is -0.319. The van der Waals surface area contributed by atoms with Crippen LogP contribution in [0.4, 0.5) is 4.39 Å². The number of nitrogens with two attached hydrogens (primary N) is 1. The number of halogens is 2. The topological polar surface area (TPSA) is 26.0 Å². The highest BCUT2D eigenvalue weighted by atomic mass is 35.5. The molecule has 1 aliphatic rings. The van der Waals surface area contributed by atoms with Crippen molar-refractivity contribution in [2.24, 2.45) is 5.73 Å². The number of rotatable bonds is 5. The van der Waals surface area contributed by atoms with Crippen molar-refractivity contribution >= 4 is 23.4 Å². The van der Waals surface area contributed by atoms with E-state index in [0.29, 0.717) is 12.0 Å². The van der Waals surface area contributed by atoms with Gasteiger partial charge in [-0.1, -0.05) is 36.6 Å². The molecule has 1 aromatic rings. The average molecular weight is 288 g/mol. The summed E-state index contributed by atoms with van der Waals surface area (Å²) in [5, 5.41) is 0.948. The molecule has 100 valence electrons. The fraction of sp³-hybridized carbons (Fsp3) is 0.571. The lowest BCUT2D eigenvalue weighted by Gasteiger charge is -2.15. The molecule has 1 aromatic carbocycles. The van der Waals surface area contributed by atoms with Crippen LogP contribution in [0.1, 0.15) is 31.2 Å². The van der Waals surface area contributed by atoms with Gasteiger partial charge in [0.1, 0.15) is 5.82 Å². The van der Waals surface area contributed by atoms with Crippen molar-refractivity contribution in [2.75, 3.05) is 5.75 Å². The molecule has 0 spiro atoms. The van der Waals surface area contributed by atoms with E-state index in [1.807, 2.05) is 11.8 Å². The van der Waals surface area contributed by atoms with E-state index < -0.39 is 0 Å². The third-order valence-corrected chi connectivity index (χ3v) is 5.22. The Labute approximate surface area is 117 Å². The first-order chi connectivity index (χ1) is 8.66. The van der Waals surface area contributed by atoms with E-state index in [9.17, 15) is 4.39 Å². The first-order valence-electron chi connectivity index (χ1n) is 6.47. The molecule has 2 rings (SSSR count). The Kier molecular flexibility index (Phi) is 5.34. The zero-order valence-corrected chi connectivity index (χ0v) is 11.9. The molecule has 0 aliphatic heterocycles. The van der Waals surface area contributed by atoms with Crippen molar-refractivity contribution in [3.8, 4) is 0 Å². The van der Waals surface area contributed by atoms with Gasteiger partial charge >= 0.3 is 0 Å². The van der Waals surface area contributed by atoms with E-state index >= 15 is 0 Å². The molecule has 4 heteroatoms. The second-order valence-electron chi connectivity index (χ2n) is 4.92. The lowest BCUT2D eigenvalue weighted by atomic mass is 10.1. The van der Waals surface area contributed by atoms with E-state index in [-0.39, 0.29) is 16.9 Å². The van der Waals surface area contributed by atoms with Gasteiger partial charge in [0.25, 0.3) is 0 Å². The van der Waals surface area contributed by atoms with Crippen LogP contribution in [0.3, 0.4) is 0 Å². The van der Waals surface area contributed by atoms with Gasteiger partial charge in [-0.25, -0.2) is 4.39 Å². The molecule has 0 radical (unpaired) electrons. The van der Waals surface area contributed by atoms with Crippen LogP contribution in [0.2, 0.25) is 5.02 Å². The van der Waals surface area contributed by atoms with Crippen molar-refractivity contribution < 1.29 is 4.39 Å². The van der Waals surface area contributed by atoms with E-state index in [4.69, 9.17) is 17.3 Å². The molecule has 0 amide bonds. The zero-order chi connectivity index (χ0) is 13.0. The molecule has 0 saturated heterocycles. The van der Waals surface area contributed by atoms with Crippen LogP contribution in [-0.4, -0.2) is 17.0 Å². The Hall–Kier alpha value is -0.250. The summed E-state index contributed by atoms with van der Waals surface area (Å²) in [6, 6.07) is 5.11. The van der Waals surface area contributed by atoms with Gasteiger partial charge in [-0.3, -0.25) is 0 Å². The molecule has 2 N–H and O–H groups in total. The van der Waals surface area contributed by atoms with Crippen molar-refractivity contribution in [1.29, 1.82) is 0 Å². The van der Waals surface area contributed by atoms with Crippen LogP contribution in [0.5, 0.6) is 0 Å². The molecule has 0 heterocycles. The molecule has 1 fully saturated rings. The Morgan fingerprint density at radius 3 is 2.83 bits per heavy atom. The Bertz CT molecular complexity index is 393. The van der Waals surface area contributed by atoms with Crippen LogP contribution in [0.15, 0.2) is 18.2 Å². The van der Waals surface area contributed by atoms with Crippen LogP contribution >= 0.6 is 23.4 Å². The quantitative estimate of drug-likeness (QED) is 0.885. The van der Waals surface area contributed by atoms with Gasteiger partial charge in [0.2, 0.25) is 0 Å². The lowest BCUT2D eigenvalue weighted by molar-refractivity contribution is 0.597. The second kappa shape index (κ2) is 6.78. The standard InChI is InChI=1S/C14H19ClFNS/c15-13-7-3-4-10(14(13)16)8-11(17)9-18-12-5-1-2-6-12/h3-4,7,11-12H,1-2,5-6,8-9,17H2. The largest absolute Gasteiger partial charge is 0.327 e. The summed E-state index contributed by atoms with van der Waals surface area (Å²) in [4.78, 5) is 0. The van der Waals surface area contributed by atoms with Gasteiger partial charge in [0.05, 0.1) is 5.02 Å². The van der Waals surface area contributed by atoms with Crippen LogP contribution in [-0.2, 0) is 6.42 Å². The molecular formula is C14H19ClFNS. The minimum Gasteiger partial charge on any atom is -0.327 e. The fourth-order valence-electron chi connectivity index (χ4n) is 2.36. The molecule has 1 saturated carbocycles. The van der Waals surface area contributed by atoms with Crippen LogP contribution < -0.4 is 5.73 Å². The lowest BCUT2D eigenvalue weighted by Crippen LogP contribution is -2.27. The molecule has 0 bridgehead atoms. The van der Waals surface area contributed by atoms with E-state index in [2.05, 4.69) is 0 Å². The SMILES string of the molecule is NC(CSC1CCCC1)Cc1cccc(Cl)c1F. The zero-order valence-electron chi connectivity index (χ0n) is 10.4. The molecule has 1 atom stereocenters. The van der Waals surface area contributed by atoms with Crippen molar-refractivity contribution in [3.63, 3.8) is 0 Å². The summed E-state index contributed by atoms with van der Waals surface area (Å²) in [6.07, 6.45) is 5.86. The number of benzene rings is 1. The minimum absolute atomic E-state index is 0.00330. The second-order valence-corrected chi connectivity index (χ2v) is 6.66. The van der Waals surface area contributed by atoms with E-state index in [1.165, 1.54) is 25.7 Å². The van der Waals surface area contributed by atoms with Gasteiger partial charge in [0, 0.05) is 17.0 Å². The summed E-state index contributed by atoms with van der Waals surface area (Å²) in [7, 11) is 0. The Morgan fingerprint density at radius 1 is 1.39 bits per heavy atom. The highest BCUT2D eigenvalue weighted by Gasteiger charge is 2.17. The van der Waals surface area contributed by atoms with Gasteiger partial charge in [-0.2, -0.15) is 11.8 Å². The summed E-state index contributed by atoms with van der Waals surface area (Å²) in [5.41, 5.74) is 6.70. The fourth-order valence-corrected chi connectivity index (χ4v) is 3.86. The molecule has 1 nitrogen and oxygen atoms in total. The van der Waals surface area contributed by atoms with E-state index in [1.54, 1.807) is 18.2 Å². The maximum absolute atomic E-state index is 13.7. The molecule has 1 unspecified atom stereocenters.